The summed E-state index contributed by atoms with van der Waals surface area (Å²) in [5, 5.41) is 0. The molecule has 3 aromatic heterocycles. The molecule has 0 N–H and O–H groups in total. The van der Waals surface area contributed by atoms with Crippen LogP contribution in [-0.2, 0) is 16.0 Å². The van der Waals surface area contributed by atoms with Crippen molar-refractivity contribution in [2.45, 2.75) is 12.8 Å². The molecule has 0 unspecified atom stereocenters. The summed E-state index contributed by atoms with van der Waals surface area (Å²) < 4.78 is 16.5. The molecule has 1 aliphatic heterocycles. The van der Waals surface area contributed by atoms with E-state index in [2.05, 4.69) is 0 Å². The number of hydrogen-bond donors (Lipinski definition) is 0. The fraction of sp³-hybridized carbons (Fsp3) is 0.143. The van der Waals surface area contributed by atoms with Gasteiger partial charge in [-0.15, -0.1) is 0 Å². The van der Waals surface area contributed by atoms with Gasteiger partial charge in [0.15, 0.2) is 11.5 Å². The first-order valence-corrected chi connectivity index (χ1v) is 11.6. The zero-order valence-electron chi connectivity index (χ0n) is 19.2. The summed E-state index contributed by atoms with van der Waals surface area (Å²) in [6.45, 7) is 0.641. The molecule has 4 heterocycles. The zero-order valence-corrected chi connectivity index (χ0v) is 19.2. The van der Waals surface area contributed by atoms with Crippen molar-refractivity contribution in [1.82, 2.24) is 9.97 Å². The number of esters is 1. The normalized spacial score (nSPS) is 12.6. The number of nitrogens with zero attached hydrogens (tertiary/aromatic N) is 3. The Morgan fingerprint density at radius 3 is 2.31 bits per heavy atom. The number of anilines is 1. The first kappa shape index (κ1) is 21.8. The van der Waals surface area contributed by atoms with E-state index < -0.39 is 5.97 Å². The molecule has 1 amide bonds. The molecule has 0 bridgehead atoms. The molecule has 8 nitrogen and oxygen atoms in total. The van der Waals surface area contributed by atoms with Gasteiger partial charge in [-0.1, -0.05) is 18.2 Å². The lowest BCUT2D eigenvalue weighted by Crippen LogP contribution is -2.29. The van der Waals surface area contributed by atoms with Crippen LogP contribution in [-0.4, -0.2) is 35.0 Å². The van der Waals surface area contributed by atoms with E-state index in [1.165, 1.54) is 0 Å². The van der Waals surface area contributed by atoms with E-state index >= 15 is 0 Å². The van der Waals surface area contributed by atoms with Gasteiger partial charge in [0.2, 0.25) is 5.91 Å². The largest absolute Gasteiger partial charge is 0.463 e. The van der Waals surface area contributed by atoms with Gasteiger partial charge in [0.25, 0.3) is 0 Å². The van der Waals surface area contributed by atoms with E-state index in [0.717, 1.165) is 17.7 Å². The minimum atomic E-state index is -0.525. The Labute approximate surface area is 206 Å². The van der Waals surface area contributed by atoms with Crippen molar-refractivity contribution in [3.05, 3.63) is 90.4 Å². The number of amides is 1. The van der Waals surface area contributed by atoms with Crippen LogP contribution in [0.3, 0.4) is 0 Å². The molecule has 8 heteroatoms. The van der Waals surface area contributed by atoms with Crippen LogP contribution in [0, 0.1) is 0 Å². The van der Waals surface area contributed by atoms with Gasteiger partial charge >= 0.3 is 5.97 Å². The molecule has 0 saturated carbocycles. The van der Waals surface area contributed by atoms with Gasteiger partial charge in [0, 0.05) is 12.2 Å². The quantitative estimate of drug-likeness (QED) is 0.305. The van der Waals surface area contributed by atoms with Gasteiger partial charge in [-0.2, -0.15) is 0 Å². The van der Waals surface area contributed by atoms with Gasteiger partial charge < -0.3 is 18.5 Å². The molecular formula is C28H21N3O5. The van der Waals surface area contributed by atoms with Crippen LogP contribution in [0.15, 0.2) is 88.1 Å². The van der Waals surface area contributed by atoms with E-state index in [0.29, 0.717) is 46.0 Å². The number of hydrogen-bond acceptors (Lipinski definition) is 7. The molecule has 36 heavy (non-hydrogen) atoms. The second-order valence-corrected chi connectivity index (χ2v) is 8.39. The number of benzene rings is 2. The molecule has 178 valence electrons. The summed E-state index contributed by atoms with van der Waals surface area (Å²) in [4.78, 5) is 36.6. The highest BCUT2D eigenvalue weighted by Gasteiger charge is 2.24. The van der Waals surface area contributed by atoms with Crippen LogP contribution in [0.2, 0.25) is 0 Å². The van der Waals surface area contributed by atoms with Gasteiger partial charge in [0.1, 0.15) is 18.0 Å². The van der Waals surface area contributed by atoms with Crippen molar-refractivity contribution in [1.29, 1.82) is 0 Å². The predicted molar refractivity (Wildman–Crippen MR) is 132 cm³/mol. The summed E-state index contributed by atoms with van der Waals surface area (Å²) >= 11 is 0. The summed E-state index contributed by atoms with van der Waals surface area (Å²) in [5.41, 5.74) is 4.57. The Bertz CT molecular complexity index is 1560. The number of aromatic nitrogens is 2. The molecule has 5 aromatic rings. The lowest BCUT2D eigenvalue weighted by atomic mass is 10.1. The Balaban J connectivity index is 1.19. The minimum absolute atomic E-state index is 0.00484. The third-order valence-corrected chi connectivity index (χ3v) is 6.15. The maximum Gasteiger partial charge on any atom is 0.338 e. The third kappa shape index (κ3) is 4.02. The van der Waals surface area contributed by atoms with Crippen LogP contribution >= 0.6 is 0 Å². The molecule has 0 spiro atoms. The highest BCUT2D eigenvalue weighted by Crippen LogP contribution is 2.32. The molecule has 2 aromatic carbocycles. The Morgan fingerprint density at radius 1 is 0.861 bits per heavy atom. The third-order valence-electron chi connectivity index (χ3n) is 6.15. The standard InChI is InChI=1S/C28H21N3O5/c32-25(31-13-11-18-5-1-2-6-22(18)31)12-16-36-28(33)19-9-10-20-21(17-19)30-27(24-8-4-15-35-24)26(29-20)23-7-3-14-34-23/h1-10,14-15,17H,11-13,16H2. The minimum Gasteiger partial charge on any atom is -0.463 e. The summed E-state index contributed by atoms with van der Waals surface area (Å²) in [6, 6.07) is 20.0. The van der Waals surface area contributed by atoms with Crippen molar-refractivity contribution in [3.8, 4) is 22.9 Å². The first-order valence-electron chi connectivity index (χ1n) is 11.6. The molecule has 0 radical (unpaired) electrons. The lowest BCUT2D eigenvalue weighted by Gasteiger charge is -2.17. The number of furan rings is 2. The topological polar surface area (TPSA) is 98.7 Å². The Hall–Kier alpha value is -4.72. The van der Waals surface area contributed by atoms with Crippen LogP contribution in [0.5, 0.6) is 0 Å². The van der Waals surface area contributed by atoms with E-state index in [-0.39, 0.29) is 18.9 Å². The maximum absolute atomic E-state index is 12.7. The van der Waals surface area contributed by atoms with E-state index in [1.807, 2.05) is 24.3 Å². The number of para-hydroxylation sites is 1. The zero-order chi connectivity index (χ0) is 24.5. The predicted octanol–water partition coefficient (Wildman–Crippen LogP) is 5.29. The van der Waals surface area contributed by atoms with Gasteiger partial charge in [-0.25, -0.2) is 14.8 Å². The van der Waals surface area contributed by atoms with Crippen LogP contribution in [0.25, 0.3) is 33.9 Å². The highest BCUT2D eigenvalue weighted by molar-refractivity contribution is 5.97. The fourth-order valence-electron chi connectivity index (χ4n) is 4.40. The Morgan fingerprint density at radius 2 is 1.58 bits per heavy atom. The van der Waals surface area contributed by atoms with Gasteiger partial charge in [0.05, 0.1) is 35.5 Å². The molecule has 0 aliphatic carbocycles. The second kappa shape index (κ2) is 9.14. The number of ether oxygens (including phenoxy) is 1. The Kier molecular flexibility index (Phi) is 5.53. The molecule has 6 rings (SSSR count). The average molecular weight is 479 g/mol. The van der Waals surface area contributed by atoms with E-state index in [1.54, 1.807) is 59.9 Å². The van der Waals surface area contributed by atoms with E-state index in [4.69, 9.17) is 23.5 Å². The van der Waals surface area contributed by atoms with Gasteiger partial charge in [-0.3, -0.25) is 4.79 Å². The molecular weight excluding hydrogens is 458 g/mol. The summed E-state index contributed by atoms with van der Waals surface area (Å²) in [5.74, 6) is 0.504. The number of rotatable bonds is 6. The van der Waals surface area contributed by atoms with Crippen LogP contribution < -0.4 is 4.90 Å². The smallest absolute Gasteiger partial charge is 0.338 e. The molecule has 1 aliphatic rings. The average Bonchev–Trinajstić information content (AvgIpc) is 3.69. The maximum atomic E-state index is 12.7. The second-order valence-electron chi connectivity index (χ2n) is 8.39. The van der Waals surface area contributed by atoms with Crippen molar-refractivity contribution in [2.24, 2.45) is 0 Å². The highest BCUT2D eigenvalue weighted by atomic mass is 16.5. The SMILES string of the molecule is O=C(OCCC(=O)N1CCc2ccccc21)c1ccc2nc(-c3ccco3)c(-c3ccco3)nc2c1. The monoisotopic (exact) mass is 479 g/mol. The van der Waals surface area contributed by atoms with Crippen LogP contribution in [0.1, 0.15) is 22.3 Å². The summed E-state index contributed by atoms with van der Waals surface area (Å²) in [6.07, 6.45) is 4.08. The van der Waals surface area contributed by atoms with Crippen molar-refractivity contribution in [3.63, 3.8) is 0 Å². The summed E-state index contributed by atoms with van der Waals surface area (Å²) in [7, 11) is 0. The van der Waals surface area contributed by atoms with E-state index in [9.17, 15) is 9.59 Å². The lowest BCUT2D eigenvalue weighted by molar-refractivity contribution is -0.119. The number of carbonyl (C=O) groups excluding carboxylic acids is 2. The van der Waals surface area contributed by atoms with Crippen LogP contribution in [0.4, 0.5) is 5.69 Å². The van der Waals surface area contributed by atoms with Crippen molar-refractivity contribution >= 4 is 28.6 Å². The number of carbonyl (C=O) groups is 2. The fourth-order valence-corrected chi connectivity index (χ4v) is 4.40. The molecule has 0 saturated heterocycles. The van der Waals surface area contributed by atoms with Gasteiger partial charge in [-0.05, 0) is 60.5 Å². The molecule has 0 fully saturated rings. The number of fused-ring (bicyclic) bond motifs is 2. The van der Waals surface area contributed by atoms with Crippen molar-refractivity contribution in [2.75, 3.05) is 18.1 Å². The molecule has 0 atom stereocenters. The van der Waals surface area contributed by atoms with Crippen molar-refractivity contribution < 1.29 is 23.2 Å². The first-order chi connectivity index (χ1) is 17.7.